The van der Waals surface area contributed by atoms with Crippen LogP contribution in [0.5, 0.6) is 0 Å². The second kappa shape index (κ2) is 9.73. The van der Waals surface area contributed by atoms with Gasteiger partial charge in [0.2, 0.25) is 11.8 Å². The minimum absolute atomic E-state index is 0.0295. The SMILES string of the molecule is O=C(CC(=O)N1CCOCC1)NCC1CC(c2c(-c3ccc(F)cc3)[nH]c3c(F)cc(F)cc23)C1. The first-order valence-corrected chi connectivity index (χ1v) is 11.8. The molecule has 1 saturated carbocycles. The molecule has 0 radical (unpaired) electrons. The molecule has 9 heteroatoms. The number of nitrogens with zero attached hydrogens (tertiary/aromatic N) is 1. The smallest absolute Gasteiger partial charge is 0.232 e. The molecule has 6 nitrogen and oxygen atoms in total. The Bertz CT molecular complexity index is 1250. The largest absolute Gasteiger partial charge is 0.378 e. The molecule has 2 N–H and O–H groups in total. The molecule has 1 aromatic heterocycles. The van der Waals surface area contributed by atoms with E-state index < -0.39 is 11.6 Å². The molecule has 3 aromatic rings. The summed E-state index contributed by atoms with van der Waals surface area (Å²) in [6.07, 6.45) is 1.25. The van der Waals surface area contributed by atoms with Crippen molar-refractivity contribution in [1.82, 2.24) is 15.2 Å². The molecule has 2 fully saturated rings. The Labute approximate surface area is 200 Å². The molecule has 184 valence electrons. The monoisotopic (exact) mass is 485 g/mol. The van der Waals surface area contributed by atoms with Crippen molar-refractivity contribution in [2.24, 2.45) is 5.92 Å². The maximum absolute atomic E-state index is 14.5. The van der Waals surface area contributed by atoms with E-state index in [9.17, 15) is 22.8 Å². The summed E-state index contributed by atoms with van der Waals surface area (Å²) in [6.45, 7) is 2.40. The number of fused-ring (bicyclic) bond motifs is 1. The number of ether oxygens (including phenoxy) is 1. The van der Waals surface area contributed by atoms with Gasteiger partial charge in [-0.3, -0.25) is 9.59 Å². The lowest BCUT2D eigenvalue weighted by atomic mass is 9.70. The van der Waals surface area contributed by atoms with Crippen LogP contribution in [-0.2, 0) is 14.3 Å². The van der Waals surface area contributed by atoms with Gasteiger partial charge in [-0.2, -0.15) is 0 Å². The lowest BCUT2D eigenvalue weighted by molar-refractivity contribution is -0.139. The standard InChI is InChI=1S/C26H26F3N3O3/c27-18-3-1-16(2-4-18)25-24(20-11-19(28)12-21(29)26(20)31-25)17-9-15(10-17)14-30-22(33)13-23(34)32-5-7-35-8-6-32/h1-4,11-12,15,17,31H,5-10,13-14H2,(H,30,33). The third kappa shape index (κ3) is 4.91. The quantitative estimate of drug-likeness (QED) is 0.516. The Morgan fingerprint density at radius 2 is 1.74 bits per heavy atom. The van der Waals surface area contributed by atoms with Gasteiger partial charge in [-0.25, -0.2) is 13.2 Å². The molecule has 2 amide bonds. The van der Waals surface area contributed by atoms with Gasteiger partial charge in [0.25, 0.3) is 0 Å². The lowest BCUT2D eigenvalue weighted by Gasteiger charge is -2.36. The highest BCUT2D eigenvalue weighted by Crippen LogP contribution is 2.48. The Morgan fingerprint density at radius 1 is 1.03 bits per heavy atom. The molecular weight excluding hydrogens is 459 g/mol. The van der Waals surface area contributed by atoms with Crippen molar-refractivity contribution in [2.45, 2.75) is 25.2 Å². The number of nitrogens with one attached hydrogen (secondary N) is 2. The first-order valence-electron chi connectivity index (χ1n) is 11.8. The van der Waals surface area contributed by atoms with Gasteiger partial charge < -0.3 is 19.9 Å². The van der Waals surface area contributed by atoms with E-state index in [1.165, 1.54) is 18.2 Å². The number of rotatable bonds is 6. The van der Waals surface area contributed by atoms with E-state index in [0.717, 1.165) is 24.5 Å². The molecule has 1 saturated heterocycles. The van der Waals surface area contributed by atoms with E-state index in [4.69, 9.17) is 4.74 Å². The molecule has 0 atom stereocenters. The average molecular weight is 486 g/mol. The highest BCUT2D eigenvalue weighted by atomic mass is 19.1. The number of amides is 2. The normalized spacial score (nSPS) is 20.0. The number of halogens is 3. The van der Waals surface area contributed by atoms with E-state index in [0.29, 0.717) is 49.5 Å². The van der Waals surface area contributed by atoms with Gasteiger partial charge in [-0.1, -0.05) is 0 Å². The zero-order valence-corrected chi connectivity index (χ0v) is 19.1. The number of benzene rings is 2. The third-order valence-electron chi connectivity index (χ3n) is 6.90. The molecule has 35 heavy (non-hydrogen) atoms. The van der Waals surface area contributed by atoms with Crippen LogP contribution < -0.4 is 5.32 Å². The summed E-state index contributed by atoms with van der Waals surface area (Å²) < 4.78 is 47.3. The summed E-state index contributed by atoms with van der Waals surface area (Å²) in [7, 11) is 0. The van der Waals surface area contributed by atoms with Crippen molar-refractivity contribution in [1.29, 1.82) is 0 Å². The molecule has 5 rings (SSSR count). The predicted octanol–water partition coefficient (Wildman–Crippen LogP) is 4.11. The van der Waals surface area contributed by atoms with Crippen molar-refractivity contribution in [3.63, 3.8) is 0 Å². The molecule has 2 aromatic carbocycles. The summed E-state index contributed by atoms with van der Waals surface area (Å²) in [5, 5.41) is 3.32. The van der Waals surface area contributed by atoms with Crippen LogP contribution >= 0.6 is 0 Å². The minimum Gasteiger partial charge on any atom is -0.378 e. The van der Waals surface area contributed by atoms with Crippen LogP contribution in [0.2, 0.25) is 0 Å². The number of morpholine rings is 1. The highest BCUT2D eigenvalue weighted by Gasteiger charge is 2.35. The Hall–Kier alpha value is -3.33. The maximum atomic E-state index is 14.5. The maximum Gasteiger partial charge on any atom is 0.232 e. The summed E-state index contributed by atoms with van der Waals surface area (Å²) in [5.74, 6) is -2.02. The second-order valence-electron chi connectivity index (χ2n) is 9.24. The van der Waals surface area contributed by atoms with Crippen LogP contribution in [0.1, 0.15) is 30.7 Å². The fraction of sp³-hybridized carbons (Fsp3) is 0.385. The molecular formula is C26H26F3N3O3. The fourth-order valence-corrected chi connectivity index (χ4v) is 5.03. The van der Waals surface area contributed by atoms with Gasteiger partial charge in [0.05, 0.1) is 24.4 Å². The molecule has 0 unspecified atom stereocenters. The van der Waals surface area contributed by atoms with E-state index in [2.05, 4.69) is 10.3 Å². The zero-order chi connectivity index (χ0) is 24.5. The minimum atomic E-state index is -0.678. The number of H-pyrrole nitrogens is 1. The van der Waals surface area contributed by atoms with E-state index in [1.54, 1.807) is 17.0 Å². The summed E-state index contributed by atoms with van der Waals surface area (Å²) in [5.41, 5.74) is 2.36. The first kappa shape index (κ1) is 23.4. The van der Waals surface area contributed by atoms with Crippen molar-refractivity contribution in [3.8, 4) is 11.3 Å². The number of hydrogen-bond acceptors (Lipinski definition) is 3. The van der Waals surface area contributed by atoms with Crippen molar-refractivity contribution < 1.29 is 27.5 Å². The van der Waals surface area contributed by atoms with E-state index in [1.807, 2.05) is 0 Å². The summed E-state index contributed by atoms with van der Waals surface area (Å²) in [4.78, 5) is 29.2. The van der Waals surface area contributed by atoms with Gasteiger partial charge in [0.15, 0.2) is 0 Å². The molecule has 0 spiro atoms. The topological polar surface area (TPSA) is 74.4 Å². The van der Waals surface area contributed by atoms with Crippen LogP contribution in [-0.4, -0.2) is 54.5 Å². The van der Waals surface area contributed by atoms with Crippen LogP contribution in [0, 0.1) is 23.4 Å². The Balaban J connectivity index is 1.26. The average Bonchev–Trinajstić information content (AvgIpc) is 3.18. The number of hydrogen-bond donors (Lipinski definition) is 2. The number of carbonyl (C=O) groups excluding carboxylic acids is 2. The van der Waals surface area contributed by atoms with Crippen LogP contribution in [0.15, 0.2) is 36.4 Å². The fourth-order valence-electron chi connectivity index (χ4n) is 5.03. The number of aromatic nitrogens is 1. The molecule has 2 aliphatic rings. The highest BCUT2D eigenvalue weighted by molar-refractivity contribution is 5.97. The van der Waals surface area contributed by atoms with Gasteiger partial charge >= 0.3 is 0 Å². The Morgan fingerprint density at radius 3 is 2.46 bits per heavy atom. The summed E-state index contributed by atoms with van der Waals surface area (Å²) in [6, 6.07) is 8.05. The molecule has 0 bridgehead atoms. The van der Waals surface area contributed by atoms with Crippen LogP contribution in [0.4, 0.5) is 13.2 Å². The van der Waals surface area contributed by atoms with Crippen molar-refractivity contribution >= 4 is 22.7 Å². The lowest BCUT2D eigenvalue weighted by Crippen LogP contribution is -2.43. The van der Waals surface area contributed by atoms with Gasteiger partial charge in [-0.15, -0.1) is 0 Å². The zero-order valence-electron chi connectivity index (χ0n) is 19.1. The van der Waals surface area contributed by atoms with Gasteiger partial charge in [0.1, 0.15) is 23.9 Å². The number of aromatic amines is 1. The van der Waals surface area contributed by atoms with Gasteiger partial charge in [-0.05, 0) is 66.1 Å². The first-order chi connectivity index (χ1) is 16.9. The molecule has 2 heterocycles. The third-order valence-corrected chi connectivity index (χ3v) is 6.90. The summed E-state index contributed by atoms with van der Waals surface area (Å²) >= 11 is 0. The molecule has 1 aliphatic heterocycles. The van der Waals surface area contributed by atoms with Crippen LogP contribution in [0.3, 0.4) is 0 Å². The second-order valence-corrected chi connectivity index (χ2v) is 9.24. The van der Waals surface area contributed by atoms with E-state index in [-0.39, 0.29) is 41.4 Å². The predicted molar refractivity (Wildman–Crippen MR) is 124 cm³/mol. The van der Waals surface area contributed by atoms with Gasteiger partial charge in [0, 0.05) is 31.1 Å². The van der Waals surface area contributed by atoms with Crippen LogP contribution in [0.25, 0.3) is 22.2 Å². The van der Waals surface area contributed by atoms with E-state index >= 15 is 0 Å². The Kier molecular flexibility index (Phi) is 6.51. The van der Waals surface area contributed by atoms with Crippen molar-refractivity contribution in [3.05, 3.63) is 59.4 Å². The molecule has 1 aliphatic carbocycles. The number of carbonyl (C=O) groups is 2. The van der Waals surface area contributed by atoms with Crippen molar-refractivity contribution in [2.75, 3.05) is 32.8 Å².